The Morgan fingerprint density at radius 3 is 2.58 bits per heavy atom. The first-order valence-electron chi connectivity index (χ1n) is 8.42. The van der Waals surface area contributed by atoms with Crippen LogP contribution in [-0.4, -0.2) is 66.1 Å². The zero-order chi connectivity index (χ0) is 17.5. The van der Waals surface area contributed by atoms with Crippen molar-refractivity contribution in [2.45, 2.75) is 26.4 Å². The van der Waals surface area contributed by atoms with E-state index in [1.807, 2.05) is 0 Å². The van der Waals surface area contributed by atoms with Gasteiger partial charge in [0.15, 0.2) is 0 Å². The van der Waals surface area contributed by atoms with Crippen molar-refractivity contribution in [2.24, 2.45) is 0 Å². The lowest BCUT2D eigenvalue weighted by atomic mass is 10.2. The normalized spacial score (nSPS) is 17.5. The number of carbonyl (C=O) groups is 1. The third-order valence-corrected chi connectivity index (χ3v) is 4.41. The van der Waals surface area contributed by atoms with E-state index in [2.05, 4.69) is 18.7 Å². The summed E-state index contributed by atoms with van der Waals surface area (Å²) >= 11 is 0. The number of non-ortho nitro benzene ring substituents is 1. The zero-order valence-electron chi connectivity index (χ0n) is 14.3. The number of hydrogen-bond donors (Lipinski definition) is 0. The van der Waals surface area contributed by atoms with Crippen LogP contribution in [-0.2, 0) is 4.74 Å². The minimum atomic E-state index is -0.468. The molecule has 24 heavy (non-hydrogen) atoms. The average Bonchev–Trinajstić information content (AvgIpc) is 3.07. The van der Waals surface area contributed by atoms with E-state index in [0.717, 1.165) is 26.1 Å². The monoisotopic (exact) mass is 335 g/mol. The molecule has 1 heterocycles. The quantitative estimate of drug-likeness (QED) is 0.537. The fraction of sp³-hybridized carbons (Fsp3) is 0.588. The van der Waals surface area contributed by atoms with E-state index in [1.165, 1.54) is 24.3 Å². The number of ether oxygens (including phenoxy) is 1. The predicted molar refractivity (Wildman–Crippen MR) is 91.1 cm³/mol. The maximum Gasteiger partial charge on any atom is 0.269 e. The summed E-state index contributed by atoms with van der Waals surface area (Å²) in [6.45, 7) is 9.09. The lowest BCUT2D eigenvalue weighted by molar-refractivity contribution is -0.384. The first kappa shape index (κ1) is 18.4. The molecule has 132 valence electrons. The Bertz CT molecular complexity index is 557. The van der Waals surface area contributed by atoms with E-state index >= 15 is 0 Å². The molecule has 1 unspecified atom stereocenters. The van der Waals surface area contributed by atoms with Gasteiger partial charge in [-0.25, -0.2) is 0 Å². The fourth-order valence-corrected chi connectivity index (χ4v) is 2.85. The second-order valence-corrected chi connectivity index (χ2v) is 5.86. The van der Waals surface area contributed by atoms with Crippen LogP contribution in [0.15, 0.2) is 24.3 Å². The van der Waals surface area contributed by atoms with E-state index in [0.29, 0.717) is 25.3 Å². The lowest BCUT2D eigenvalue weighted by Crippen LogP contribution is -2.32. The van der Waals surface area contributed by atoms with Crippen LogP contribution in [0.2, 0.25) is 0 Å². The molecule has 1 fully saturated rings. The van der Waals surface area contributed by atoms with Crippen LogP contribution in [0.25, 0.3) is 0 Å². The molecule has 1 saturated heterocycles. The van der Waals surface area contributed by atoms with Gasteiger partial charge in [0, 0.05) is 37.3 Å². The molecular formula is C17H25N3O4. The van der Waals surface area contributed by atoms with Crippen molar-refractivity contribution < 1.29 is 14.5 Å². The molecule has 1 atom stereocenters. The van der Waals surface area contributed by atoms with Crippen LogP contribution in [0.5, 0.6) is 0 Å². The number of rotatable bonds is 8. The molecule has 7 nitrogen and oxygen atoms in total. The van der Waals surface area contributed by atoms with Crippen LogP contribution < -0.4 is 0 Å². The molecule has 1 aromatic rings. The van der Waals surface area contributed by atoms with Gasteiger partial charge < -0.3 is 14.5 Å². The van der Waals surface area contributed by atoms with Gasteiger partial charge in [-0.1, -0.05) is 13.8 Å². The topological polar surface area (TPSA) is 75.9 Å². The van der Waals surface area contributed by atoms with E-state index in [-0.39, 0.29) is 17.7 Å². The third kappa shape index (κ3) is 4.75. The van der Waals surface area contributed by atoms with E-state index in [1.54, 1.807) is 4.90 Å². The number of likely N-dealkylation sites (N-methyl/N-ethyl adjacent to an activating group) is 1. The highest BCUT2D eigenvalue weighted by molar-refractivity contribution is 5.94. The zero-order valence-corrected chi connectivity index (χ0v) is 14.3. The molecule has 0 aliphatic carbocycles. The van der Waals surface area contributed by atoms with Crippen LogP contribution in [0, 0.1) is 10.1 Å². The number of carbonyl (C=O) groups excluding carboxylic acids is 1. The molecule has 0 saturated carbocycles. The van der Waals surface area contributed by atoms with E-state index in [9.17, 15) is 14.9 Å². The number of likely N-dealkylation sites (tertiary alicyclic amines) is 1. The first-order valence-corrected chi connectivity index (χ1v) is 8.42. The molecule has 0 N–H and O–H groups in total. The van der Waals surface area contributed by atoms with Gasteiger partial charge in [0.1, 0.15) is 0 Å². The van der Waals surface area contributed by atoms with Crippen molar-refractivity contribution in [3.63, 3.8) is 0 Å². The molecule has 1 aromatic carbocycles. The van der Waals surface area contributed by atoms with E-state index in [4.69, 9.17) is 4.74 Å². The van der Waals surface area contributed by atoms with Crippen molar-refractivity contribution >= 4 is 11.6 Å². The first-order chi connectivity index (χ1) is 11.5. The Morgan fingerprint density at radius 2 is 2.00 bits per heavy atom. The Morgan fingerprint density at radius 1 is 1.33 bits per heavy atom. The Kier molecular flexibility index (Phi) is 6.69. The molecule has 7 heteroatoms. The van der Waals surface area contributed by atoms with Gasteiger partial charge in [0.2, 0.25) is 0 Å². The van der Waals surface area contributed by atoms with Crippen LogP contribution in [0.3, 0.4) is 0 Å². The van der Waals surface area contributed by atoms with Crippen LogP contribution in [0.4, 0.5) is 5.69 Å². The van der Waals surface area contributed by atoms with Crippen molar-refractivity contribution in [2.75, 3.05) is 39.3 Å². The van der Waals surface area contributed by atoms with Gasteiger partial charge in [-0.15, -0.1) is 0 Å². The number of benzene rings is 1. The summed E-state index contributed by atoms with van der Waals surface area (Å²) in [5.41, 5.74) is 0.468. The maximum absolute atomic E-state index is 12.4. The highest BCUT2D eigenvalue weighted by Gasteiger charge is 2.27. The number of nitrogens with zero attached hydrogens (tertiary/aromatic N) is 3. The number of nitro groups is 1. The minimum Gasteiger partial charge on any atom is -0.375 e. The highest BCUT2D eigenvalue weighted by atomic mass is 16.6. The van der Waals surface area contributed by atoms with Gasteiger partial charge in [-0.2, -0.15) is 0 Å². The summed E-state index contributed by atoms with van der Waals surface area (Å²) < 4.78 is 5.88. The number of amides is 1. The molecule has 1 aliphatic rings. The summed E-state index contributed by atoms with van der Waals surface area (Å²) in [6.07, 6.45) is 0.902. The largest absolute Gasteiger partial charge is 0.375 e. The second-order valence-electron chi connectivity index (χ2n) is 5.86. The molecule has 1 amide bonds. The molecule has 1 aliphatic heterocycles. The van der Waals surface area contributed by atoms with Crippen molar-refractivity contribution in [3.8, 4) is 0 Å². The van der Waals surface area contributed by atoms with Gasteiger partial charge in [-0.05, 0) is 31.6 Å². The molecule has 0 radical (unpaired) electrons. The number of nitro benzene ring substituents is 1. The third-order valence-electron chi connectivity index (χ3n) is 4.41. The van der Waals surface area contributed by atoms with Gasteiger partial charge in [0.25, 0.3) is 11.6 Å². The van der Waals surface area contributed by atoms with E-state index < -0.39 is 4.92 Å². The summed E-state index contributed by atoms with van der Waals surface area (Å²) in [5, 5.41) is 10.7. The molecule has 0 spiro atoms. The SMILES string of the molecule is CCN(CC)CCOC1CCN(C(=O)c2ccc([N+](=O)[O-])cc2)C1. The second kappa shape index (κ2) is 8.75. The van der Waals surface area contributed by atoms with Gasteiger partial charge in [0.05, 0.1) is 17.6 Å². The molecular weight excluding hydrogens is 310 g/mol. The average molecular weight is 335 g/mol. The van der Waals surface area contributed by atoms with Crippen molar-refractivity contribution in [3.05, 3.63) is 39.9 Å². The summed E-state index contributed by atoms with van der Waals surface area (Å²) in [4.78, 5) is 26.7. The summed E-state index contributed by atoms with van der Waals surface area (Å²) in [5.74, 6) is -0.0975. The van der Waals surface area contributed by atoms with Crippen LogP contribution >= 0.6 is 0 Å². The fourth-order valence-electron chi connectivity index (χ4n) is 2.85. The van der Waals surface area contributed by atoms with Crippen molar-refractivity contribution in [1.82, 2.24) is 9.80 Å². The summed E-state index contributed by atoms with van der Waals surface area (Å²) in [6, 6.07) is 5.74. The highest BCUT2D eigenvalue weighted by Crippen LogP contribution is 2.18. The minimum absolute atomic E-state index is 0.00872. The van der Waals surface area contributed by atoms with Crippen LogP contribution in [0.1, 0.15) is 30.6 Å². The van der Waals surface area contributed by atoms with Gasteiger partial charge >= 0.3 is 0 Å². The predicted octanol–water partition coefficient (Wildman–Crippen LogP) is 2.17. The Labute approximate surface area is 142 Å². The molecule has 2 rings (SSSR count). The lowest BCUT2D eigenvalue weighted by Gasteiger charge is -2.20. The van der Waals surface area contributed by atoms with Crippen molar-refractivity contribution in [1.29, 1.82) is 0 Å². The summed E-state index contributed by atoms with van der Waals surface area (Å²) in [7, 11) is 0. The Balaban J connectivity index is 1.81. The standard InChI is InChI=1S/C17H25N3O4/c1-3-18(4-2)11-12-24-16-9-10-19(13-16)17(21)14-5-7-15(8-6-14)20(22)23/h5-8,16H,3-4,9-13H2,1-2H3. The molecule has 0 bridgehead atoms. The van der Waals surface area contributed by atoms with Gasteiger partial charge in [-0.3, -0.25) is 14.9 Å². The Hall–Kier alpha value is -1.99. The smallest absolute Gasteiger partial charge is 0.269 e. The maximum atomic E-state index is 12.4. The number of hydrogen-bond acceptors (Lipinski definition) is 5. The molecule has 0 aromatic heterocycles.